The topological polar surface area (TPSA) is 51.0 Å². The summed E-state index contributed by atoms with van der Waals surface area (Å²) in [5.74, 6) is 0.0368. The van der Waals surface area contributed by atoms with Crippen molar-refractivity contribution in [2.45, 2.75) is 40.3 Å². The van der Waals surface area contributed by atoms with E-state index in [-0.39, 0.29) is 11.9 Å². The minimum absolute atomic E-state index is 0.0368. The lowest BCUT2D eigenvalue weighted by Crippen LogP contribution is -2.36. The Labute approximate surface area is 152 Å². The highest BCUT2D eigenvalue weighted by molar-refractivity contribution is 7.12. The Kier molecular flexibility index (Phi) is 4.99. The Bertz CT molecular complexity index is 853. The molecule has 3 rings (SSSR count). The highest BCUT2D eigenvalue weighted by atomic mass is 32.1. The standard InChI is InChI=1S/C19H22N4OS/c1-13(2)22(12-16-6-5-7-20-11-16)18(24)17-10-14(3)23(15(17)4)19-21-8-9-25-19/h5-11,13H,12H2,1-4H3. The average Bonchev–Trinajstić information content (AvgIpc) is 3.20. The van der Waals surface area contributed by atoms with Crippen LogP contribution in [0.4, 0.5) is 0 Å². The summed E-state index contributed by atoms with van der Waals surface area (Å²) in [5, 5.41) is 2.83. The van der Waals surface area contributed by atoms with Crippen molar-refractivity contribution in [3.05, 3.63) is 64.7 Å². The Balaban J connectivity index is 1.94. The predicted octanol–water partition coefficient (Wildman–Crippen LogP) is 4.00. The largest absolute Gasteiger partial charge is 0.332 e. The lowest BCUT2D eigenvalue weighted by molar-refractivity contribution is 0.0689. The summed E-state index contributed by atoms with van der Waals surface area (Å²) < 4.78 is 2.04. The molecule has 0 radical (unpaired) electrons. The second-order valence-corrected chi connectivity index (χ2v) is 7.20. The van der Waals surface area contributed by atoms with Crippen molar-refractivity contribution in [1.29, 1.82) is 0 Å². The smallest absolute Gasteiger partial charge is 0.256 e. The number of carbonyl (C=O) groups excluding carboxylic acids is 1. The van der Waals surface area contributed by atoms with Crippen molar-refractivity contribution in [3.63, 3.8) is 0 Å². The molecule has 0 saturated carbocycles. The van der Waals surface area contributed by atoms with Crippen LogP contribution in [0.2, 0.25) is 0 Å². The second-order valence-electron chi connectivity index (χ2n) is 6.32. The summed E-state index contributed by atoms with van der Waals surface area (Å²) >= 11 is 1.57. The highest BCUT2D eigenvalue weighted by Gasteiger charge is 2.24. The van der Waals surface area contributed by atoms with Crippen molar-refractivity contribution in [2.75, 3.05) is 0 Å². The van der Waals surface area contributed by atoms with Gasteiger partial charge in [-0.2, -0.15) is 0 Å². The molecule has 3 aromatic rings. The first kappa shape index (κ1) is 17.4. The van der Waals surface area contributed by atoms with Crippen LogP contribution < -0.4 is 0 Å². The average molecular weight is 354 g/mol. The van der Waals surface area contributed by atoms with E-state index in [9.17, 15) is 4.79 Å². The van der Waals surface area contributed by atoms with Gasteiger partial charge in [-0.3, -0.25) is 14.3 Å². The molecule has 3 aromatic heterocycles. The number of amides is 1. The number of nitrogens with zero attached hydrogens (tertiary/aromatic N) is 4. The lowest BCUT2D eigenvalue weighted by Gasteiger charge is -2.27. The Morgan fingerprint density at radius 3 is 2.72 bits per heavy atom. The Hall–Kier alpha value is -2.47. The fraction of sp³-hybridized carbons (Fsp3) is 0.316. The van der Waals surface area contributed by atoms with Crippen LogP contribution in [0.3, 0.4) is 0 Å². The number of hydrogen-bond acceptors (Lipinski definition) is 4. The van der Waals surface area contributed by atoms with Gasteiger partial charge in [-0.05, 0) is 45.4 Å². The number of hydrogen-bond donors (Lipinski definition) is 0. The van der Waals surface area contributed by atoms with E-state index in [1.165, 1.54) is 0 Å². The summed E-state index contributed by atoms with van der Waals surface area (Å²) in [7, 11) is 0. The van der Waals surface area contributed by atoms with Gasteiger partial charge in [0.05, 0.1) is 5.56 Å². The lowest BCUT2D eigenvalue weighted by atomic mass is 10.1. The van der Waals surface area contributed by atoms with E-state index in [2.05, 4.69) is 9.97 Å². The molecule has 6 heteroatoms. The number of aromatic nitrogens is 3. The summed E-state index contributed by atoms with van der Waals surface area (Å²) in [6.07, 6.45) is 5.33. The van der Waals surface area contributed by atoms with Crippen molar-refractivity contribution >= 4 is 17.2 Å². The van der Waals surface area contributed by atoms with Crippen molar-refractivity contribution in [3.8, 4) is 5.13 Å². The van der Waals surface area contributed by atoms with Crippen LogP contribution in [0, 0.1) is 13.8 Å². The summed E-state index contributed by atoms with van der Waals surface area (Å²) in [4.78, 5) is 23.6. The van der Waals surface area contributed by atoms with Gasteiger partial charge in [0.1, 0.15) is 0 Å². The fourth-order valence-corrected chi connectivity index (χ4v) is 3.68. The molecule has 3 heterocycles. The van der Waals surface area contributed by atoms with Crippen molar-refractivity contribution < 1.29 is 4.79 Å². The molecule has 0 aliphatic carbocycles. The third-order valence-electron chi connectivity index (χ3n) is 4.23. The molecule has 1 amide bonds. The van der Waals surface area contributed by atoms with Gasteiger partial charge in [0, 0.05) is 47.9 Å². The van der Waals surface area contributed by atoms with Crippen LogP contribution in [-0.2, 0) is 6.54 Å². The SMILES string of the molecule is Cc1cc(C(=O)N(Cc2cccnc2)C(C)C)c(C)n1-c1nccs1. The molecule has 0 aliphatic rings. The zero-order valence-corrected chi connectivity index (χ0v) is 15.7. The number of carbonyl (C=O) groups is 1. The third kappa shape index (κ3) is 3.49. The number of pyridine rings is 1. The molecule has 0 N–H and O–H groups in total. The van der Waals surface area contributed by atoms with Gasteiger partial charge >= 0.3 is 0 Å². The molecule has 0 spiro atoms. The van der Waals surface area contributed by atoms with Gasteiger partial charge in [-0.1, -0.05) is 6.07 Å². The normalized spacial score (nSPS) is 11.1. The molecule has 0 bridgehead atoms. The van der Waals surface area contributed by atoms with Gasteiger partial charge in [0.15, 0.2) is 5.13 Å². The van der Waals surface area contributed by atoms with Crippen LogP contribution in [0.15, 0.2) is 42.2 Å². The maximum absolute atomic E-state index is 13.2. The second kappa shape index (κ2) is 7.19. The Morgan fingerprint density at radius 1 is 1.32 bits per heavy atom. The first-order chi connectivity index (χ1) is 12.0. The first-order valence-corrected chi connectivity index (χ1v) is 9.15. The van der Waals surface area contributed by atoms with Gasteiger partial charge in [-0.25, -0.2) is 4.98 Å². The number of thiazole rings is 1. The molecule has 25 heavy (non-hydrogen) atoms. The monoisotopic (exact) mass is 354 g/mol. The van der Waals surface area contributed by atoms with Crippen LogP contribution >= 0.6 is 11.3 Å². The zero-order chi connectivity index (χ0) is 18.0. The summed E-state index contributed by atoms with van der Waals surface area (Å²) in [6.45, 7) is 8.60. The van der Waals surface area contributed by atoms with Crippen molar-refractivity contribution in [2.24, 2.45) is 0 Å². The van der Waals surface area contributed by atoms with Crippen molar-refractivity contribution in [1.82, 2.24) is 19.4 Å². The first-order valence-electron chi connectivity index (χ1n) is 8.27. The van der Waals surface area contributed by atoms with E-state index in [0.29, 0.717) is 6.54 Å². The molecule has 130 valence electrons. The van der Waals surface area contributed by atoms with Gasteiger partial charge < -0.3 is 4.90 Å². The van der Waals surface area contributed by atoms with Crippen LogP contribution in [-0.4, -0.2) is 31.4 Å². The minimum atomic E-state index is 0.0368. The maximum atomic E-state index is 13.2. The van der Waals surface area contributed by atoms with E-state index in [4.69, 9.17) is 0 Å². The van der Waals surface area contributed by atoms with Gasteiger partial charge in [-0.15, -0.1) is 11.3 Å². The van der Waals surface area contributed by atoms with E-state index < -0.39 is 0 Å². The van der Waals surface area contributed by atoms with Crippen LogP contribution in [0.25, 0.3) is 5.13 Å². The van der Waals surface area contributed by atoms with E-state index in [1.807, 2.05) is 66.9 Å². The molecular weight excluding hydrogens is 332 g/mol. The summed E-state index contributed by atoms with van der Waals surface area (Å²) in [6, 6.07) is 5.94. The number of aryl methyl sites for hydroxylation is 1. The molecule has 5 nitrogen and oxygen atoms in total. The van der Waals surface area contributed by atoms with E-state index in [0.717, 1.165) is 27.6 Å². The maximum Gasteiger partial charge on any atom is 0.256 e. The highest BCUT2D eigenvalue weighted by Crippen LogP contribution is 2.24. The minimum Gasteiger partial charge on any atom is -0.332 e. The van der Waals surface area contributed by atoms with Gasteiger partial charge in [0.25, 0.3) is 5.91 Å². The summed E-state index contributed by atoms with van der Waals surface area (Å²) in [5.41, 5.74) is 3.69. The molecule has 0 aliphatic heterocycles. The third-order valence-corrected chi connectivity index (χ3v) is 4.99. The van der Waals surface area contributed by atoms with Crippen LogP contribution in [0.1, 0.15) is 41.2 Å². The molecule has 0 saturated heterocycles. The predicted molar refractivity (Wildman–Crippen MR) is 100 cm³/mol. The molecular formula is C19H22N4OS. The Morgan fingerprint density at radius 2 is 2.12 bits per heavy atom. The van der Waals surface area contributed by atoms with Crippen LogP contribution in [0.5, 0.6) is 0 Å². The fourth-order valence-electron chi connectivity index (χ4n) is 2.93. The molecule has 0 fully saturated rings. The van der Waals surface area contributed by atoms with E-state index in [1.54, 1.807) is 23.7 Å². The quantitative estimate of drug-likeness (QED) is 0.696. The van der Waals surface area contributed by atoms with E-state index >= 15 is 0 Å². The van der Waals surface area contributed by atoms with Gasteiger partial charge in [0.2, 0.25) is 0 Å². The molecule has 0 atom stereocenters. The molecule has 0 aromatic carbocycles. The zero-order valence-electron chi connectivity index (χ0n) is 14.9. The molecule has 0 unspecified atom stereocenters. The number of rotatable bonds is 5.